The van der Waals surface area contributed by atoms with Crippen LogP contribution in [0, 0.1) is 18.5 Å². The summed E-state index contributed by atoms with van der Waals surface area (Å²) in [6.07, 6.45) is 7.91. The quantitative estimate of drug-likeness (QED) is 0.101. The molecule has 0 unspecified atom stereocenters. The van der Waals surface area contributed by atoms with Gasteiger partial charge in [0.25, 0.3) is 6.33 Å². The predicted octanol–water partition coefficient (Wildman–Crippen LogP) is 14.1. The maximum Gasteiger partial charge on any atom is 0.267 e. The minimum atomic E-state index is -0.425. The molecule has 0 bridgehead atoms. The van der Waals surface area contributed by atoms with Crippen LogP contribution in [0.5, 0.6) is 11.5 Å². The van der Waals surface area contributed by atoms with Gasteiger partial charge in [0.15, 0.2) is 0 Å². The van der Waals surface area contributed by atoms with Gasteiger partial charge < -0.3 is 13.9 Å². The summed E-state index contributed by atoms with van der Waals surface area (Å²) in [5.41, 5.74) is 11.1. The standard InChI is InChI=1S/C60H52N4O.Pt/c1-58(2,3)46-32-33-61-57(37-46)64-54-29-18-17-28-52(54)53-31-30-50(39-55(53)64)65-51-35-43(42-20-11-8-12-21-42)34-49(38-51)63-41-62(40-56(63)60(6,7)45-24-15-10-16-25-45)48-27-19-26-47(36-48)59(4,5)44-22-13-9-14-23-44;/h8-37,40H,1-7H3;/q-2;. The van der Waals surface area contributed by atoms with Crippen molar-refractivity contribution in [1.29, 1.82) is 0 Å². The Morgan fingerprint density at radius 2 is 1.18 bits per heavy atom. The zero-order chi connectivity index (χ0) is 44.9. The van der Waals surface area contributed by atoms with Gasteiger partial charge in [-0.05, 0) is 74.6 Å². The average molecular weight is 1040 g/mol. The third-order valence-electron chi connectivity index (χ3n) is 13.0. The summed E-state index contributed by atoms with van der Waals surface area (Å²) in [6, 6.07) is 69.2. The van der Waals surface area contributed by atoms with Crippen LogP contribution in [0.3, 0.4) is 0 Å². The second-order valence-corrected chi connectivity index (χ2v) is 19.0. The van der Waals surface area contributed by atoms with Crippen LogP contribution in [0.15, 0.2) is 188 Å². The second-order valence-electron chi connectivity index (χ2n) is 19.0. The molecule has 0 saturated heterocycles. The van der Waals surface area contributed by atoms with Gasteiger partial charge in [-0.15, -0.1) is 35.2 Å². The normalized spacial score (nSPS) is 12.0. The summed E-state index contributed by atoms with van der Waals surface area (Å²) in [6.45, 7) is 15.8. The Balaban J connectivity index is 0.00000548. The van der Waals surface area contributed by atoms with Gasteiger partial charge in [-0.2, -0.15) is 12.1 Å². The number of nitrogens with zero attached hydrogens (tertiary/aromatic N) is 4. The van der Waals surface area contributed by atoms with E-state index in [4.69, 9.17) is 9.72 Å². The van der Waals surface area contributed by atoms with Gasteiger partial charge in [0.2, 0.25) is 0 Å². The molecule has 0 aliphatic rings. The Bertz CT molecular complexity index is 3320. The van der Waals surface area contributed by atoms with Crippen molar-refractivity contribution in [3.63, 3.8) is 0 Å². The third kappa shape index (κ3) is 8.33. The first-order valence-electron chi connectivity index (χ1n) is 22.4. The molecule has 0 aliphatic heterocycles. The van der Waals surface area contributed by atoms with Gasteiger partial charge in [0, 0.05) is 61.3 Å². The van der Waals surface area contributed by atoms with Crippen molar-refractivity contribution >= 4 is 21.8 Å². The molecule has 3 aromatic heterocycles. The van der Waals surface area contributed by atoms with Crippen molar-refractivity contribution in [1.82, 2.24) is 14.1 Å². The number of hydrogen-bond donors (Lipinski definition) is 0. The van der Waals surface area contributed by atoms with Crippen LogP contribution in [0.1, 0.15) is 76.4 Å². The van der Waals surface area contributed by atoms with Crippen molar-refractivity contribution in [3.05, 3.63) is 235 Å². The summed E-state index contributed by atoms with van der Waals surface area (Å²) >= 11 is 0. The number of rotatable bonds is 10. The molecule has 330 valence electrons. The van der Waals surface area contributed by atoms with E-state index in [-0.39, 0.29) is 31.9 Å². The van der Waals surface area contributed by atoms with Crippen LogP contribution in [-0.2, 0) is 37.3 Å². The number of ether oxygens (including phenoxy) is 1. The molecule has 10 rings (SSSR count). The molecular formula is C60H52N4OPt-2. The van der Waals surface area contributed by atoms with Gasteiger partial charge in [-0.3, -0.25) is 4.57 Å². The molecule has 0 fully saturated rings. The summed E-state index contributed by atoms with van der Waals surface area (Å²) in [7, 11) is 0. The third-order valence-corrected chi connectivity index (χ3v) is 13.0. The molecule has 0 amide bonds. The number of para-hydroxylation sites is 1. The molecule has 3 heterocycles. The molecule has 0 saturated carbocycles. The predicted molar refractivity (Wildman–Crippen MR) is 264 cm³/mol. The Hall–Kier alpha value is -6.81. The smallest absolute Gasteiger partial charge is 0.267 e. The van der Waals surface area contributed by atoms with Crippen molar-refractivity contribution in [2.75, 3.05) is 0 Å². The summed E-state index contributed by atoms with van der Waals surface area (Å²) in [5, 5.41) is 2.21. The van der Waals surface area contributed by atoms with Crippen LogP contribution in [-0.4, -0.2) is 14.1 Å². The molecule has 7 aromatic carbocycles. The monoisotopic (exact) mass is 1040 g/mol. The van der Waals surface area contributed by atoms with Gasteiger partial charge in [-0.25, -0.2) is 4.98 Å². The molecule has 0 N–H and O–H groups in total. The van der Waals surface area contributed by atoms with E-state index in [0.717, 1.165) is 55.8 Å². The SMILES string of the molecule is CC(C)(C)c1ccnc(-n2c3[c-]c(Oc4[c-]c(-n5[c-][n+](-c6cccc(C(C)(C)c7ccccc7)c6)cc5C(C)(C)c5ccccc5)cc(-c5ccccc5)c4)ccc3c3ccccc32)c1.[Pt]. The Morgan fingerprint density at radius 3 is 1.89 bits per heavy atom. The Labute approximate surface area is 403 Å². The first-order chi connectivity index (χ1) is 31.3. The topological polar surface area (TPSA) is 35.9 Å². The van der Waals surface area contributed by atoms with Crippen LogP contribution in [0.25, 0.3) is 50.1 Å². The first-order valence-corrected chi connectivity index (χ1v) is 22.4. The summed E-state index contributed by atoms with van der Waals surface area (Å²) in [5.74, 6) is 1.99. The molecule has 5 nitrogen and oxygen atoms in total. The van der Waals surface area contributed by atoms with Crippen molar-refractivity contribution < 1.29 is 30.4 Å². The van der Waals surface area contributed by atoms with E-state index in [1.165, 1.54) is 22.3 Å². The van der Waals surface area contributed by atoms with Crippen LogP contribution >= 0.6 is 0 Å². The van der Waals surface area contributed by atoms with Gasteiger partial charge >= 0.3 is 0 Å². The van der Waals surface area contributed by atoms with Gasteiger partial charge in [0.05, 0.1) is 11.4 Å². The molecule has 0 aliphatic carbocycles. The second kappa shape index (κ2) is 17.5. The van der Waals surface area contributed by atoms with Crippen molar-refractivity contribution in [2.45, 2.75) is 64.7 Å². The fourth-order valence-electron chi connectivity index (χ4n) is 8.99. The van der Waals surface area contributed by atoms with E-state index in [0.29, 0.717) is 11.5 Å². The van der Waals surface area contributed by atoms with Gasteiger partial charge in [-0.1, -0.05) is 175 Å². The fourth-order valence-corrected chi connectivity index (χ4v) is 8.99. The minimum absolute atomic E-state index is 0. The van der Waals surface area contributed by atoms with E-state index in [9.17, 15) is 0 Å². The van der Waals surface area contributed by atoms with Gasteiger partial charge in [0.1, 0.15) is 5.82 Å². The zero-order valence-corrected chi connectivity index (χ0v) is 40.7. The van der Waals surface area contributed by atoms with E-state index >= 15 is 0 Å². The summed E-state index contributed by atoms with van der Waals surface area (Å²) < 4.78 is 13.4. The van der Waals surface area contributed by atoms with Crippen LogP contribution < -0.4 is 9.30 Å². The largest absolute Gasteiger partial charge is 0.510 e. The zero-order valence-electron chi connectivity index (χ0n) is 38.4. The first kappa shape index (κ1) is 44.4. The number of fused-ring (bicyclic) bond motifs is 3. The van der Waals surface area contributed by atoms with Crippen molar-refractivity contribution in [2.24, 2.45) is 0 Å². The van der Waals surface area contributed by atoms with Crippen LogP contribution in [0.4, 0.5) is 0 Å². The molecule has 10 aromatic rings. The van der Waals surface area contributed by atoms with E-state index in [1.807, 2.05) is 18.3 Å². The molecule has 6 heteroatoms. The Morgan fingerprint density at radius 1 is 0.530 bits per heavy atom. The summed E-state index contributed by atoms with van der Waals surface area (Å²) in [4.78, 5) is 4.89. The molecule has 0 radical (unpaired) electrons. The molecule has 66 heavy (non-hydrogen) atoms. The van der Waals surface area contributed by atoms with E-state index in [2.05, 4.69) is 251 Å². The number of hydrogen-bond acceptors (Lipinski definition) is 2. The average Bonchev–Trinajstić information content (AvgIpc) is 3.93. The Kier molecular flexibility index (Phi) is 11.8. The van der Waals surface area contributed by atoms with E-state index < -0.39 is 5.41 Å². The van der Waals surface area contributed by atoms with E-state index in [1.54, 1.807) is 0 Å². The van der Waals surface area contributed by atoms with Crippen LogP contribution in [0.2, 0.25) is 0 Å². The number of imidazole rings is 1. The maximum atomic E-state index is 6.89. The minimum Gasteiger partial charge on any atom is -0.510 e. The molecule has 0 atom stereocenters. The van der Waals surface area contributed by atoms with Crippen molar-refractivity contribution in [3.8, 4) is 39.8 Å². The number of aromatic nitrogens is 4. The molecular weight excluding hydrogens is 988 g/mol. The number of pyridine rings is 1. The molecule has 0 spiro atoms. The maximum absolute atomic E-state index is 6.89. The number of benzene rings is 7. The fraction of sp³-hybridized carbons (Fsp3) is 0.167.